The summed E-state index contributed by atoms with van der Waals surface area (Å²) in [5.74, 6) is 0. The smallest absolute Gasteiger partial charge is 0.411 e. The van der Waals surface area contributed by atoms with Gasteiger partial charge in [0.1, 0.15) is 6.10 Å². The molecule has 3 nitrogen and oxygen atoms in total. The molecule has 0 bridgehead atoms. The van der Waals surface area contributed by atoms with E-state index in [9.17, 15) is 4.79 Å². The minimum Gasteiger partial charge on any atom is -0.446 e. The molecule has 0 saturated carbocycles. The summed E-state index contributed by atoms with van der Waals surface area (Å²) >= 11 is 0. The first kappa shape index (κ1) is 13.6. The van der Waals surface area contributed by atoms with Gasteiger partial charge in [-0.05, 0) is 37.5 Å². The zero-order chi connectivity index (χ0) is 12.7. The Kier molecular flexibility index (Phi) is 5.53. The lowest BCUT2D eigenvalue weighted by molar-refractivity contribution is 0.102. The van der Waals surface area contributed by atoms with Crippen LogP contribution < -0.4 is 5.32 Å². The van der Waals surface area contributed by atoms with Crippen LogP contribution in [-0.2, 0) is 4.74 Å². The van der Waals surface area contributed by atoms with Crippen molar-refractivity contribution in [1.82, 2.24) is 0 Å². The normalized spacial score (nSPS) is 11.9. The molecule has 1 aromatic carbocycles. The van der Waals surface area contributed by atoms with E-state index in [0.717, 1.165) is 30.5 Å². The highest BCUT2D eigenvalue weighted by molar-refractivity contribution is 5.84. The molecule has 0 spiro atoms. The number of ether oxygens (including phenoxy) is 1. The molecule has 17 heavy (non-hydrogen) atoms. The molecule has 1 aromatic rings. The van der Waals surface area contributed by atoms with Crippen molar-refractivity contribution < 1.29 is 9.53 Å². The van der Waals surface area contributed by atoms with Crippen LogP contribution in [0.4, 0.5) is 10.5 Å². The van der Waals surface area contributed by atoms with E-state index in [2.05, 4.69) is 12.2 Å². The van der Waals surface area contributed by atoms with Gasteiger partial charge in [-0.25, -0.2) is 4.79 Å². The minimum atomic E-state index is -0.365. The highest BCUT2D eigenvalue weighted by atomic mass is 16.6. The second-order valence-electron chi connectivity index (χ2n) is 4.22. The molecule has 0 aromatic heterocycles. The lowest BCUT2D eigenvalue weighted by Gasteiger charge is -2.15. The van der Waals surface area contributed by atoms with Crippen molar-refractivity contribution in [2.75, 3.05) is 5.32 Å². The van der Waals surface area contributed by atoms with E-state index in [1.165, 1.54) is 0 Å². The number of hydrogen-bond donors (Lipinski definition) is 1. The maximum Gasteiger partial charge on any atom is 0.411 e. The Bertz CT molecular complexity index is 363. The number of nitrogens with one attached hydrogen (secondary N) is 1. The van der Waals surface area contributed by atoms with E-state index in [1.54, 1.807) is 0 Å². The lowest BCUT2D eigenvalue weighted by Crippen LogP contribution is -2.21. The summed E-state index contributed by atoms with van der Waals surface area (Å²) in [7, 11) is 0. The number of rotatable bonds is 5. The zero-order valence-electron chi connectivity index (χ0n) is 10.8. The van der Waals surface area contributed by atoms with E-state index in [1.807, 2.05) is 38.1 Å². The summed E-state index contributed by atoms with van der Waals surface area (Å²) < 4.78 is 5.33. The summed E-state index contributed by atoms with van der Waals surface area (Å²) in [4.78, 5) is 11.6. The highest BCUT2D eigenvalue weighted by Crippen LogP contribution is 2.12. The van der Waals surface area contributed by atoms with Gasteiger partial charge in [-0.15, -0.1) is 0 Å². The van der Waals surface area contributed by atoms with Gasteiger partial charge in [-0.1, -0.05) is 32.4 Å². The van der Waals surface area contributed by atoms with Gasteiger partial charge >= 0.3 is 6.09 Å². The van der Waals surface area contributed by atoms with E-state index >= 15 is 0 Å². The Labute approximate surface area is 103 Å². The average Bonchev–Trinajstić information content (AvgIpc) is 2.28. The molecule has 0 heterocycles. The summed E-state index contributed by atoms with van der Waals surface area (Å²) in [5.41, 5.74) is 1.89. The first-order chi connectivity index (χ1) is 8.15. The molecule has 3 heteroatoms. The van der Waals surface area contributed by atoms with Crippen molar-refractivity contribution in [1.29, 1.82) is 0 Å². The van der Waals surface area contributed by atoms with E-state index in [0.29, 0.717) is 0 Å². The SMILES string of the molecule is CCCC(CC)OC(=O)Nc1cccc(C)c1. The fraction of sp³-hybridized carbons (Fsp3) is 0.500. The van der Waals surface area contributed by atoms with Crippen LogP contribution in [0.5, 0.6) is 0 Å². The van der Waals surface area contributed by atoms with Crippen LogP contribution in [0, 0.1) is 6.92 Å². The van der Waals surface area contributed by atoms with Crippen molar-refractivity contribution in [2.24, 2.45) is 0 Å². The maximum absolute atomic E-state index is 11.6. The minimum absolute atomic E-state index is 0.0183. The van der Waals surface area contributed by atoms with Crippen LogP contribution in [-0.4, -0.2) is 12.2 Å². The molecular formula is C14H21NO2. The molecule has 1 atom stereocenters. The van der Waals surface area contributed by atoms with Gasteiger partial charge in [0.25, 0.3) is 0 Å². The summed E-state index contributed by atoms with van der Waals surface area (Å²) in [6.45, 7) is 6.10. The highest BCUT2D eigenvalue weighted by Gasteiger charge is 2.11. The molecular weight excluding hydrogens is 214 g/mol. The molecule has 0 aliphatic heterocycles. The average molecular weight is 235 g/mol. The second kappa shape index (κ2) is 6.94. The molecule has 1 amide bonds. The molecule has 94 valence electrons. The molecule has 1 N–H and O–H groups in total. The van der Waals surface area contributed by atoms with Crippen LogP contribution in [0.3, 0.4) is 0 Å². The number of anilines is 1. The number of aryl methyl sites for hydroxylation is 1. The quantitative estimate of drug-likeness (QED) is 0.833. The lowest BCUT2D eigenvalue weighted by atomic mass is 10.2. The Balaban J connectivity index is 2.49. The van der Waals surface area contributed by atoms with Gasteiger partial charge in [0.05, 0.1) is 0 Å². The van der Waals surface area contributed by atoms with E-state index in [-0.39, 0.29) is 12.2 Å². The van der Waals surface area contributed by atoms with Crippen molar-refractivity contribution in [3.63, 3.8) is 0 Å². The third kappa shape index (κ3) is 4.89. The van der Waals surface area contributed by atoms with Crippen molar-refractivity contribution >= 4 is 11.8 Å². The molecule has 0 aliphatic rings. The van der Waals surface area contributed by atoms with Gasteiger partial charge in [0, 0.05) is 5.69 Å². The predicted molar refractivity (Wildman–Crippen MR) is 70.3 cm³/mol. The number of amides is 1. The monoisotopic (exact) mass is 235 g/mol. The molecule has 1 unspecified atom stereocenters. The van der Waals surface area contributed by atoms with Crippen LogP contribution in [0.2, 0.25) is 0 Å². The van der Waals surface area contributed by atoms with Gasteiger partial charge < -0.3 is 4.74 Å². The van der Waals surface area contributed by atoms with Gasteiger partial charge in [0.15, 0.2) is 0 Å². The van der Waals surface area contributed by atoms with Gasteiger partial charge in [0.2, 0.25) is 0 Å². The number of hydrogen-bond acceptors (Lipinski definition) is 2. The summed E-state index contributed by atoms with van der Waals surface area (Å²) in [6, 6.07) is 7.67. The largest absolute Gasteiger partial charge is 0.446 e. The first-order valence-electron chi connectivity index (χ1n) is 6.20. The Morgan fingerprint density at radius 3 is 2.76 bits per heavy atom. The van der Waals surface area contributed by atoms with E-state index in [4.69, 9.17) is 4.74 Å². The Hall–Kier alpha value is -1.51. The molecule has 0 fully saturated rings. The number of benzene rings is 1. The number of carbonyl (C=O) groups excluding carboxylic acids is 1. The molecule has 0 saturated heterocycles. The Morgan fingerprint density at radius 1 is 1.41 bits per heavy atom. The van der Waals surface area contributed by atoms with Crippen molar-refractivity contribution in [3.05, 3.63) is 29.8 Å². The van der Waals surface area contributed by atoms with Crippen LogP contribution in [0.15, 0.2) is 24.3 Å². The first-order valence-corrected chi connectivity index (χ1v) is 6.20. The molecule has 1 rings (SSSR count). The van der Waals surface area contributed by atoms with Crippen LogP contribution in [0.1, 0.15) is 38.7 Å². The van der Waals surface area contributed by atoms with Crippen LogP contribution >= 0.6 is 0 Å². The number of carbonyl (C=O) groups is 1. The molecule has 0 radical (unpaired) electrons. The van der Waals surface area contributed by atoms with E-state index < -0.39 is 0 Å². The van der Waals surface area contributed by atoms with Crippen molar-refractivity contribution in [3.8, 4) is 0 Å². The van der Waals surface area contributed by atoms with Crippen LogP contribution in [0.25, 0.3) is 0 Å². The zero-order valence-corrected chi connectivity index (χ0v) is 10.8. The standard InChI is InChI=1S/C14H21NO2/c1-4-7-13(5-2)17-14(16)15-12-9-6-8-11(3)10-12/h6,8-10,13H,4-5,7H2,1-3H3,(H,15,16). The second-order valence-corrected chi connectivity index (χ2v) is 4.22. The third-order valence-electron chi connectivity index (χ3n) is 2.60. The fourth-order valence-electron chi connectivity index (χ4n) is 1.69. The predicted octanol–water partition coefficient (Wildman–Crippen LogP) is 4.12. The fourth-order valence-corrected chi connectivity index (χ4v) is 1.69. The van der Waals surface area contributed by atoms with Crippen molar-refractivity contribution in [2.45, 2.75) is 46.1 Å². The van der Waals surface area contributed by atoms with Gasteiger partial charge in [-0.2, -0.15) is 0 Å². The summed E-state index contributed by atoms with van der Waals surface area (Å²) in [5, 5.41) is 2.74. The Morgan fingerprint density at radius 2 is 2.18 bits per heavy atom. The van der Waals surface area contributed by atoms with Gasteiger partial charge in [-0.3, -0.25) is 5.32 Å². The summed E-state index contributed by atoms with van der Waals surface area (Å²) in [6.07, 6.45) is 2.45. The topological polar surface area (TPSA) is 38.3 Å². The maximum atomic E-state index is 11.6. The third-order valence-corrected chi connectivity index (χ3v) is 2.60. The molecule has 0 aliphatic carbocycles.